The number of carbonyl (C=O) groups is 4. The highest BCUT2D eigenvalue weighted by atomic mass is 19.2. The average Bonchev–Trinajstić information content (AvgIpc) is 3.15. The SMILES string of the molecule is Cc1cc(NC(=O)c2c(C)c(C(=O)C(=O)N[C@@H]3CCCN(C(=O)NC4=CC(F)C(F)C=C4)C3)n(C)c2C)ccc1F. The van der Waals surface area contributed by atoms with E-state index >= 15 is 0 Å². The number of likely N-dealkylation sites (tertiary alicyclic amines) is 1. The van der Waals surface area contributed by atoms with Crippen molar-refractivity contribution in [2.24, 2.45) is 7.05 Å². The molecule has 4 amide bonds. The third kappa shape index (κ3) is 6.36. The molecule has 0 radical (unpaired) electrons. The predicted molar refractivity (Wildman–Crippen MR) is 147 cm³/mol. The van der Waals surface area contributed by atoms with Gasteiger partial charge in [-0.05, 0) is 81.2 Å². The highest BCUT2D eigenvalue weighted by Crippen LogP contribution is 2.24. The van der Waals surface area contributed by atoms with Gasteiger partial charge in [0.1, 0.15) is 5.82 Å². The molecule has 1 aromatic heterocycles. The number of anilines is 1. The summed E-state index contributed by atoms with van der Waals surface area (Å²) < 4.78 is 42.0. The van der Waals surface area contributed by atoms with Crippen molar-refractivity contribution in [1.82, 2.24) is 20.1 Å². The number of benzene rings is 1. The third-order valence-electron chi connectivity index (χ3n) is 7.39. The molecule has 12 heteroatoms. The number of Topliss-reactive ketones (excluding diaryl/α,β-unsaturated/α-hetero) is 1. The zero-order valence-electron chi connectivity index (χ0n) is 23.2. The first-order valence-corrected chi connectivity index (χ1v) is 13.2. The maximum atomic E-state index is 13.6. The average molecular weight is 572 g/mol. The number of rotatable bonds is 6. The van der Waals surface area contributed by atoms with Crippen molar-refractivity contribution in [3.8, 4) is 0 Å². The summed E-state index contributed by atoms with van der Waals surface area (Å²) in [5, 5.41) is 7.93. The van der Waals surface area contributed by atoms with E-state index in [1.165, 1.54) is 33.7 Å². The molecule has 0 saturated carbocycles. The molecular weight excluding hydrogens is 539 g/mol. The van der Waals surface area contributed by atoms with Crippen LogP contribution < -0.4 is 16.0 Å². The molecule has 1 saturated heterocycles. The Labute approximate surface area is 235 Å². The highest BCUT2D eigenvalue weighted by molar-refractivity contribution is 6.43. The van der Waals surface area contributed by atoms with E-state index in [0.717, 1.165) is 12.2 Å². The standard InChI is InChI=1S/C29H32F3N5O4/c1-15-12-18(7-9-21(15)30)33-27(39)24-16(2)25(36(4)17(24)3)26(38)28(40)34-20-6-5-11-37(14-20)29(41)35-19-8-10-22(31)23(32)13-19/h7-10,12-13,20,22-23H,5-6,11,14H2,1-4H3,(H,33,39)(H,34,40)(H,35,41)/t20-,22?,23?/m1/s1. The second-order valence-electron chi connectivity index (χ2n) is 10.3. The van der Waals surface area contributed by atoms with E-state index in [9.17, 15) is 32.3 Å². The molecule has 2 aliphatic rings. The van der Waals surface area contributed by atoms with E-state index in [4.69, 9.17) is 0 Å². The molecule has 4 rings (SSSR count). The summed E-state index contributed by atoms with van der Waals surface area (Å²) >= 11 is 0. The zero-order chi connectivity index (χ0) is 30.0. The van der Waals surface area contributed by atoms with Gasteiger partial charge in [-0.2, -0.15) is 0 Å². The van der Waals surface area contributed by atoms with Gasteiger partial charge in [0.25, 0.3) is 17.6 Å². The number of allylic oxidation sites excluding steroid dienone is 3. The van der Waals surface area contributed by atoms with Crippen LogP contribution in [0.3, 0.4) is 0 Å². The van der Waals surface area contributed by atoms with Crippen molar-refractivity contribution < 1.29 is 32.3 Å². The minimum Gasteiger partial charge on any atom is -0.345 e. The molecule has 1 fully saturated rings. The van der Waals surface area contributed by atoms with E-state index in [2.05, 4.69) is 16.0 Å². The lowest BCUT2D eigenvalue weighted by molar-refractivity contribution is -0.118. The van der Waals surface area contributed by atoms with Crippen LogP contribution in [0.15, 0.2) is 42.1 Å². The van der Waals surface area contributed by atoms with Gasteiger partial charge in [0.15, 0.2) is 12.3 Å². The maximum Gasteiger partial charge on any atom is 0.321 e. The lowest BCUT2D eigenvalue weighted by Crippen LogP contribution is -2.53. The maximum absolute atomic E-state index is 13.6. The number of halogens is 3. The van der Waals surface area contributed by atoms with Crippen molar-refractivity contribution in [2.75, 3.05) is 18.4 Å². The second kappa shape index (κ2) is 12.0. The quantitative estimate of drug-likeness (QED) is 0.360. The Hall–Kier alpha value is -4.35. The first kappa shape index (κ1) is 29.6. The molecule has 2 unspecified atom stereocenters. The molecule has 9 nitrogen and oxygen atoms in total. The van der Waals surface area contributed by atoms with Crippen LogP contribution in [0.4, 0.5) is 23.7 Å². The summed E-state index contributed by atoms with van der Waals surface area (Å²) in [4.78, 5) is 53.4. The van der Waals surface area contributed by atoms with Gasteiger partial charge >= 0.3 is 6.03 Å². The van der Waals surface area contributed by atoms with E-state index in [-0.39, 0.29) is 23.5 Å². The van der Waals surface area contributed by atoms with E-state index in [1.54, 1.807) is 27.8 Å². The molecule has 1 aromatic carbocycles. The van der Waals surface area contributed by atoms with Gasteiger partial charge in [-0.3, -0.25) is 14.4 Å². The number of amides is 4. The summed E-state index contributed by atoms with van der Waals surface area (Å²) in [5.74, 6) is -2.62. The normalized spacial score (nSPS) is 20.3. The van der Waals surface area contributed by atoms with Gasteiger partial charge in [0, 0.05) is 43.3 Å². The largest absolute Gasteiger partial charge is 0.345 e. The summed E-state index contributed by atoms with van der Waals surface area (Å²) in [5.41, 5.74) is 1.96. The van der Waals surface area contributed by atoms with Gasteiger partial charge < -0.3 is 25.4 Å². The van der Waals surface area contributed by atoms with Gasteiger partial charge in [0.2, 0.25) is 0 Å². The first-order chi connectivity index (χ1) is 19.4. The Morgan fingerprint density at radius 3 is 2.44 bits per heavy atom. The van der Waals surface area contributed by atoms with Crippen molar-refractivity contribution in [1.29, 1.82) is 0 Å². The fourth-order valence-corrected chi connectivity index (χ4v) is 5.09. The number of aromatic nitrogens is 1. The third-order valence-corrected chi connectivity index (χ3v) is 7.39. The number of nitrogens with one attached hydrogen (secondary N) is 3. The fourth-order valence-electron chi connectivity index (χ4n) is 5.09. The smallest absolute Gasteiger partial charge is 0.321 e. The number of ketones is 1. The van der Waals surface area contributed by atoms with Crippen molar-refractivity contribution in [3.05, 3.63) is 76.0 Å². The van der Waals surface area contributed by atoms with Crippen LogP contribution in [-0.2, 0) is 11.8 Å². The molecular formula is C29H32F3N5O4. The van der Waals surface area contributed by atoms with Crippen LogP contribution >= 0.6 is 0 Å². The second-order valence-corrected chi connectivity index (χ2v) is 10.3. The fraction of sp³-hybridized carbons (Fsp3) is 0.379. The van der Waals surface area contributed by atoms with Crippen LogP contribution in [0.5, 0.6) is 0 Å². The monoisotopic (exact) mass is 571 g/mol. The summed E-state index contributed by atoms with van der Waals surface area (Å²) in [6, 6.07) is 3.12. The molecule has 3 atom stereocenters. The van der Waals surface area contributed by atoms with Gasteiger partial charge in [-0.1, -0.05) is 0 Å². The molecule has 1 aliphatic carbocycles. The first-order valence-electron chi connectivity index (χ1n) is 13.2. The Balaban J connectivity index is 1.42. The Morgan fingerprint density at radius 1 is 1.02 bits per heavy atom. The topological polar surface area (TPSA) is 113 Å². The summed E-state index contributed by atoms with van der Waals surface area (Å²) in [6.07, 6.45) is 0.773. The number of carbonyl (C=O) groups excluding carboxylic acids is 4. The lowest BCUT2D eigenvalue weighted by Gasteiger charge is -2.33. The zero-order valence-corrected chi connectivity index (χ0v) is 23.2. The van der Waals surface area contributed by atoms with E-state index in [1.807, 2.05) is 0 Å². The molecule has 2 heterocycles. The van der Waals surface area contributed by atoms with Gasteiger partial charge in [-0.15, -0.1) is 0 Å². The van der Waals surface area contributed by atoms with E-state index in [0.29, 0.717) is 41.9 Å². The summed E-state index contributed by atoms with van der Waals surface area (Å²) in [7, 11) is 1.58. The van der Waals surface area contributed by atoms with Crippen LogP contribution in [0.25, 0.3) is 0 Å². The summed E-state index contributed by atoms with van der Waals surface area (Å²) in [6.45, 7) is 5.30. The lowest BCUT2D eigenvalue weighted by atomic mass is 10.0. The van der Waals surface area contributed by atoms with Crippen LogP contribution in [-0.4, -0.2) is 64.6 Å². The highest BCUT2D eigenvalue weighted by Gasteiger charge is 2.32. The van der Waals surface area contributed by atoms with Crippen LogP contribution in [0.2, 0.25) is 0 Å². The van der Waals surface area contributed by atoms with Crippen molar-refractivity contribution in [3.63, 3.8) is 0 Å². The van der Waals surface area contributed by atoms with Crippen molar-refractivity contribution >= 4 is 29.3 Å². The van der Waals surface area contributed by atoms with Gasteiger partial charge in [-0.25, -0.2) is 18.0 Å². The predicted octanol–water partition coefficient (Wildman–Crippen LogP) is 3.94. The molecule has 3 N–H and O–H groups in total. The number of alkyl halides is 2. The number of urea groups is 1. The minimum absolute atomic E-state index is 0.0498. The number of hydrogen-bond acceptors (Lipinski definition) is 4. The van der Waals surface area contributed by atoms with Crippen LogP contribution in [0, 0.1) is 26.6 Å². The molecule has 41 heavy (non-hydrogen) atoms. The number of aryl methyl sites for hydroxylation is 1. The van der Waals surface area contributed by atoms with Crippen molar-refractivity contribution in [2.45, 2.75) is 52.0 Å². The number of nitrogens with zero attached hydrogens (tertiary/aromatic N) is 2. The molecule has 2 aromatic rings. The Morgan fingerprint density at radius 2 is 1.76 bits per heavy atom. The Bertz CT molecular complexity index is 1460. The molecule has 1 aliphatic heterocycles. The minimum atomic E-state index is -1.85. The molecule has 218 valence electrons. The van der Waals surface area contributed by atoms with Crippen LogP contribution in [0.1, 0.15) is 50.5 Å². The van der Waals surface area contributed by atoms with E-state index < -0.39 is 47.8 Å². The number of hydrogen-bond donors (Lipinski definition) is 3. The number of piperidine rings is 1. The molecule has 0 spiro atoms. The van der Waals surface area contributed by atoms with Gasteiger partial charge in [0.05, 0.1) is 11.3 Å². The Kier molecular flexibility index (Phi) is 8.69. The molecule has 0 bridgehead atoms.